The topological polar surface area (TPSA) is 12.5 Å². The standard InChI is InChI=1S/C11H13NOS3/c1-2-15-11(14)13-7-12-8-16-10-6-4-3-5-9(10)12/h3-6H,2,7-8H2,1H3. The first kappa shape index (κ1) is 12.1. The molecule has 1 aliphatic rings. The molecule has 16 heavy (non-hydrogen) atoms. The van der Waals surface area contributed by atoms with Gasteiger partial charge in [0.25, 0.3) is 0 Å². The van der Waals surface area contributed by atoms with Crippen LogP contribution in [-0.2, 0) is 4.74 Å². The molecule has 2 nitrogen and oxygen atoms in total. The molecule has 0 spiro atoms. The molecule has 0 N–H and O–H groups in total. The van der Waals surface area contributed by atoms with Crippen LogP contribution in [0.4, 0.5) is 5.69 Å². The van der Waals surface area contributed by atoms with Crippen molar-refractivity contribution in [1.29, 1.82) is 0 Å². The number of hydrogen-bond donors (Lipinski definition) is 0. The first-order chi connectivity index (χ1) is 7.81. The van der Waals surface area contributed by atoms with E-state index in [4.69, 9.17) is 17.0 Å². The van der Waals surface area contributed by atoms with E-state index in [2.05, 4.69) is 36.1 Å². The Bertz CT molecular complexity index is 383. The van der Waals surface area contributed by atoms with Gasteiger partial charge in [-0.15, -0.1) is 11.8 Å². The minimum absolute atomic E-state index is 0.551. The monoisotopic (exact) mass is 271 g/mol. The van der Waals surface area contributed by atoms with Gasteiger partial charge in [-0.3, -0.25) is 0 Å². The Kier molecular flexibility index (Phi) is 4.37. The molecule has 0 unspecified atom stereocenters. The fourth-order valence-corrected chi connectivity index (χ4v) is 3.26. The molecule has 0 radical (unpaired) electrons. The lowest BCUT2D eigenvalue weighted by Crippen LogP contribution is -2.23. The van der Waals surface area contributed by atoms with Crippen LogP contribution < -0.4 is 4.90 Å². The molecule has 0 aromatic heterocycles. The van der Waals surface area contributed by atoms with E-state index >= 15 is 0 Å². The van der Waals surface area contributed by atoms with Crippen molar-refractivity contribution in [3.63, 3.8) is 0 Å². The lowest BCUT2D eigenvalue weighted by atomic mass is 10.3. The summed E-state index contributed by atoms with van der Waals surface area (Å²) in [7, 11) is 0. The van der Waals surface area contributed by atoms with Crippen molar-refractivity contribution >= 4 is 45.8 Å². The maximum absolute atomic E-state index is 5.53. The maximum atomic E-state index is 5.53. The van der Waals surface area contributed by atoms with Crippen LogP contribution in [0.2, 0.25) is 0 Å². The summed E-state index contributed by atoms with van der Waals surface area (Å²) in [6.07, 6.45) is 0. The third-order valence-electron chi connectivity index (χ3n) is 2.18. The van der Waals surface area contributed by atoms with E-state index in [1.807, 2.05) is 11.8 Å². The summed E-state index contributed by atoms with van der Waals surface area (Å²) in [6.45, 7) is 2.62. The second-order valence-corrected chi connectivity index (χ2v) is 6.09. The van der Waals surface area contributed by atoms with Gasteiger partial charge in [-0.25, -0.2) is 0 Å². The van der Waals surface area contributed by atoms with E-state index in [1.54, 1.807) is 11.8 Å². The summed E-state index contributed by atoms with van der Waals surface area (Å²) in [5, 5.41) is 0. The van der Waals surface area contributed by atoms with Gasteiger partial charge in [0.15, 0.2) is 6.73 Å². The predicted octanol–water partition coefficient (Wildman–Crippen LogP) is 3.57. The molecule has 0 bridgehead atoms. The Morgan fingerprint density at radius 2 is 2.38 bits per heavy atom. The van der Waals surface area contributed by atoms with Gasteiger partial charge >= 0.3 is 0 Å². The molecule has 0 fully saturated rings. The van der Waals surface area contributed by atoms with Crippen LogP contribution in [0.15, 0.2) is 29.2 Å². The van der Waals surface area contributed by atoms with Crippen molar-refractivity contribution < 1.29 is 4.74 Å². The molecule has 0 aliphatic carbocycles. The Morgan fingerprint density at radius 1 is 1.56 bits per heavy atom. The molecule has 86 valence electrons. The van der Waals surface area contributed by atoms with E-state index < -0.39 is 0 Å². The Labute approximate surface area is 110 Å². The van der Waals surface area contributed by atoms with Gasteiger partial charge < -0.3 is 9.64 Å². The number of para-hydroxylation sites is 1. The smallest absolute Gasteiger partial charge is 0.221 e. The molecular formula is C11H13NOS3. The summed E-state index contributed by atoms with van der Waals surface area (Å²) in [5.41, 5.74) is 1.25. The predicted molar refractivity (Wildman–Crippen MR) is 76.3 cm³/mol. The minimum Gasteiger partial charge on any atom is -0.457 e. The largest absolute Gasteiger partial charge is 0.457 e. The number of benzene rings is 1. The van der Waals surface area contributed by atoms with Crippen LogP contribution in [-0.4, -0.2) is 22.7 Å². The normalized spacial score (nSPS) is 13.7. The molecule has 1 aromatic carbocycles. The fourth-order valence-electron chi connectivity index (χ4n) is 1.45. The van der Waals surface area contributed by atoms with Crippen molar-refractivity contribution in [2.45, 2.75) is 11.8 Å². The summed E-state index contributed by atoms with van der Waals surface area (Å²) >= 11 is 8.50. The summed E-state index contributed by atoms with van der Waals surface area (Å²) in [5.74, 6) is 1.91. The first-order valence-electron chi connectivity index (χ1n) is 5.07. The fraction of sp³-hybridized carbons (Fsp3) is 0.364. The van der Waals surface area contributed by atoms with Crippen molar-refractivity contribution in [2.75, 3.05) is 23.3 Å². The van der Waals surface area contributed by atoms with E-state index in [9.17, 15) is 0 Å². The van der Waals surface area contributed by atoms with Crippen LogP contribution in [0.1, 0.15) is 6.92 Å². The molecule has 0 saturated heterocycles. The number of fused-ring (bicyclic) bond motifs is 1. The maximum Gasteiger partial charge on any atom is 0.221 e. The highest BCUT2D eigenvalue weighted by Crippen LogP contribution is 2.37. The SMILES string of the molecule is CCSC(=S)OCN1CSc2ccccc21. The van der Waals surface area contributed by atoms with Gasteiger partial charge in [0.1, 0.15) is 0 Å². The zero-order valence-corrected chi connectivity index (χ0v) is 11.5. The summed E-state index contributed by atoms with van der Waals surface area (Å²) in [4.78, 5) is 3.52. The highest BCUT2D eigenvalue weighted by atomic mass is 32.2. The van der Waals surface area contributed by atoms with Crippen molar-refractivity contribution in [3.8, 4) is 0 Å². The number of nitrogens with zero attached hydrogens (tertiary/aromatic N) is 1. The van der Waals surface area contributed by atoms with Gasteiger partial charge in [-0.1, -0.05) is 30.8 Å². The molecule has 0 saturated carbocycles. The van der Waals surface area contributed by atoms with E-state index in [0.717, 1.165) is 11.6 Å². The van der Waals surface area contributed by atoms with Gasteiger partial charge in [0.05, 0.1) is 11.6 Å². The number of thiocarbonyl (C=S) groups is 1. The van der Waals surface area contributed by atoms with Crippen LogP contribution in [0.25, 0.3) is 0 Å². The van der Waals surface area contributed by atoms with Crippen molar-refractivity contribution in [1.82, 2.24) is 0 Å². The Balaban J connectivity index is 1.91. The molecule has 1 aromatic rings. The van der Waals surface area contributed by atoms with E-state index in [-0.39, 0.29) is 0 Å². The summed E-state index contributed by atoms with van der Waals surface area (Å²) in [6, 6.07) is 8.37. The van der Waals surface area contributed by atoms with Gasteiger partial charge in [-0.05, 0) is 30.1 Å². The third-order valence-corrected chi connectivity index (χ3v) is 4.39. The van der Waals surface area contributed by atoms with Crippen LogP contribution in [0.3, 0.4) is 0 Å². The number of rotatable bonds is 3. The van der Waals surface area contributed by atoms with Gasteiger partial charge in [-0.2, -0.15) is 0 Å². The van der Waals surface area contributed by atoms with E-state index in [0.29, 0.717) is 11.1 Å². The molecule has 0 amide bonds. The molecule has 1 aliphatic heterocycles. The number of thioether (sulfide) groups is 2. The molecule has 1 heterocycles. The number of hydrogen-bond acceptors (Lipinski definition) is 5. The van der Waals surface area contributed by atoms with E-state index in [1.165, 1.54) is 10.6 Å². The molecule has 0 atom stereocenters. The first-order valence-corrected chi connectivity index (χ1v) is 7.45. The lowest BCUT2D eigenvalue weighted by Gasteiger charge is -2.18. The lowest BCUT2D eigenvalue weighted by molar-refractivity contribution is 0.324. The van der Waals surface area contributed by atoms with Crippen LogP contribution >= 0.6 is 35.7 Å². The average Bonchev–Trinajstić information content (AvgIpc) is 2.70. The molecule has 2 rings (SSSR count). The zero-order chi connectivity index (χ0) is 11.4. The summed E-state index contributed by atoms with van der Waals surface area (Å²) < 4.78 is 6.17. The zero-order valence-electron chi connectivity index (χ0n) is 9.01. The van der Waals surface area contributed by atoms with Gasteiger partial charge in [0, 0.05) is 4.90 Å². The second kappa shape index (κ2) is 5.80. The Hall–Kier alpha value is -0.390. The highest BCUT2D eigenvalue weighted by Gasteiger charge is 2.19. The molecule has 5 heteroatoms. The molecular weight excluding hydrogens is 258 g/mol. The quantitative estimate of drug-likeness (QED) is 0.777. The second-order valence-electron chi connectivity index (χ2n) is 3.24. The number of anilines is 1. The third kappa shape index (κ3) is 2.84. The van der Waals surface area contributed by atoms with Crippen LogP contribution in [0, 0.1) is 0 Å². The van der Waals surface area contributed by atoms with Crippen molar-refractivity contribution in [3.05, 3.63) is 24.3 Å². The van der Waals surface area contributed by atoms with Crippen LogP contribution in [0.5, 0.6) is 0 Å². The minimum atomic E-state index is 0.551. The van der Waals surface area contributed by atoms with Crippen molar-refractivity contribution in [2.24, 2.45) is 0 Å². The average molecular weight is 271 g/mol. The Morgan fingerprint density at radius 3 is 3.19 bits per heavy atom. The highest BCUT2D eigenvalue weighted by molar-refractivity contribution is 8.22. The number of ether oxygens (including phenoxy) is 1. The van der Waals surface area contributed by atoms with Gasteiger partial charge in [0.2, 0.25) is 4.38 Å².